The largest absolute Gasteiger partial charge is 0.465 e. The third-order valence-electron chi connectivity index (χ3n) is 4.75. The molecule has 0 saturated heterocycles. The van der Waals surface area contributed by atoms with Crippen molar-refractivity contribution in [3.63, 3.8) is 0 Å². The van der Waals surface area contributed by atoms with Gasteiger partial charge >= 0.3 is 5.97 Å². The van der Waals surface area contributed by atoms with E-state index in [2.05, 4.69) is 66.7 Å². The van der Waals surface area contributed by atoms with E-state index in [9.17, 15) is 4.79 Å². The second kappa shape index (κ2) is 9.00. The summed E-state index contributed by atoms with van der Waals surface area (Å²) in [6.45, 7) is 0. The van der Waals surface area contributed by atoms with E-state index in [1.165, 1.54) is 23.8 Å². The Balaban J connectivity index is 1.78. The Morgan fingerprint density at radius 1 is 0.808 bits per heavy atom. The molecule has 0 radical (unpaired) electrons. The summed E-state index contributed by atoms with van der Waals surface area (Å²) in [6.07, 6.45) is 3.10. The molecule has 0 spiro atoms. The maximum atomic E-state index is 11.7. The van der Waals surface area contributed by atoms with Gasteiger partial charge in [-0.2, -0.15) is 0 Å². The molecular formula is C24H24O2. The average molecular weight is 344 g/mol. The minimum atomic E-state index is -0.291. The highest BCUT2D eigenvalue weighted by Gasteiger charge is 2.14. The Bertz CT molecular complexity index is 808. The number of hydrogen-bond acceptors (Lipinski definition) is 2. The van der Waals surface area contributed by atoms with Crippen LogP contribution in [-0.4, -0.2) is 13.1 Å². The van der Waals surface area contributed by atoms with E-state index in [1.54, 1.807) is 0 Å². The number of ether oxygens (including phenoxy) is 1. The van der Waals surface area contributed by atoms with Crippen LogP contribution >= 0.6 is 0 Å². The molecule has 0 bridgehead atoms. The standard InChI is InChI=1S/C24H24O2/c1-26-24(25)22-16-14-21(15-17-22)23(18-20-10-6-3-7-11-20)13-12-19-8-4-2-5-9-19/h2-11,14-17,23H,12-13,18H2,1H3/t23-/m1/s1. The van der Waals surface area contributed by atoms with Crippen LogP contribution in [-0.2, 0) is 17.6 Å². The molecule has 1 atom stereocenters. The second-order valence-electron chi connectivity index (χ2n) is 6.52. The Hall–Kier alpha value is -2.87. The molecule has 0 aliphatic carbocycles. The van der Waals surface area contributed by atoms with Gasteiger partial charge in [-0.3, -0.25) is 0 Å². The van der Waals surface area contributed by atoms with E-state index < -0.39 is 0 Å². The van der Waals surface area contributed by atoms with Gasteiger partial charge in [0.2, 0.25) is 0 Å². The molecule has 2 nitrogen and oxygen atoms in total. The minimum Gasteiger partial charge on any atom is -0.465 e. The highest BCUT2D eigenvalue weighted by molar-refractivity contribution is 5.89. The Kier molecular flexibility index (Phi) is 6.21. The molecular weight excluding hydrogens is 320 g/mol. The first-order valence-corrected chi connectivity index (χ1v) is 9.02. The van der Waals surface area contributed by atoms with Crippen molar-refractivity contribution in [3.05, 3.63) is 107 Å². The highest BCUT2D eigenvalue weighted by atomic mass is 16.5. The number of rotatable bonds is 7. The maximum absolute atomic E-state index is 11.7. The van der Waals surface area contributed by atoms with Crippen LogP contribution < -0.4 is 0 Å². The van der Waals surface area contributed by atoms with Gasteiger partial charge in [-0.25, -0.2) is 4.79 Å². The fourth-order valence-electron chi connectivity index (χ4n) is 3.28. The number of carbonyl (C=O) groups excluding carboxylic acids is 1. The van der Waals surface area contributed by atoms with Crippen LogP contribution in [0, 0.1) is 0 Å². The fourth-order valence-corrected chi connectivity index (χ4v) is 3.28. The minimum absolute atomic E-state index is 0.291. The van der Waals surface area contributed by atoms with Gasteiger partial charge in [-0.05, 0) is 54.0 Å². The van der Waals surface area contributed by atoms with Gasteiger partial charge in [-0.1, -0.05) is 72.8 Å². The number of carbonyl (C=O) groups is 1. The molecule has 3 rings (SSSR count). The SMILES string of the molecule is COC(=O)c1ccc([C@H](CCc2ccccc2)Cc2ccccc2)cc1. The van der Waals surface area contributed by atoms with E-state index in [-0.39, 0.29) is 5.97 Å². The smallest absolute Gasteiger partial charge is 0.337 e. The lowest BCUT2D eigenvalue weighted by molar-refractivity contribution is 0.0600. The molecule has 0 unspecified atom stereocenters. The van der Waals surface area contributed by atoms with Crippen LogP contribution in [0.2, 0.25) is 0 Å². The summed E-state index contributed by atoms with van der Waals surface area (Å²) in [7, 11) is 1.41. The van der Waals surface area contributed by atoms with Crippen LogP contribution in [0.25, 0.3) is 0 Å². The first kappa shape index (κ1) is 17.9. The quantitative estimate of drug-likeness (QED) is 0.534. The van der Waals surface area contributed by atoms with Crippen LogP contribution in [0.15, 0.2) is 84.9 Å². The van der Waals surface area contributed by atoms with Crippen molar-refractivity contribution in [2.75, 3.05) is 7.11 Å². The van der Waals surface area contributed by atoms with Crippen LogP contribution in [0.5, 0.6) is 0 Å². The van der Waals surface area contributed by atoms with Crippen molar-refractivity contribution >= 4 is 5.97 Å². The van der Waals surface area contributed by atoms with Gasteiger partial charge in [0.25, 0.3) is 0 Å². The van der Waals surface area contributed by atoms with Crippen molar-refractivity contribution < 1.29 is 9.53 Å². The number of esters is 1. The van der Waals surface area contributed by atoms with Crippen molar-refractivity contribution in [1.82, 2.24) is 0 Å². The molecule has 26 heavy (non-hydrogen) atoms. The molecule has 0 heterocycles. The van der Waals surface area contributed by atoms with Crippen LogP contribution in [0.4, 0.5) is 0 Å². The van der Waals surface area contributed by atoms with Gasteiger partial charge in [0.15, 0.2) is 0 Å². The molecule has 0 amide bonds. The Morgan fingerprint density at radius 3 is 1.96 bits per heavy atom. The summed E-state index contributed by atoms with van der Waals surface area (Å²) in [5.74, 6) is 0.116. The van der Waals surface area contributed by atoms with E-state index in [4.69, 9.17) is 4.74 Å². The summed E-state index contributed by atoms with van der Waals surface area (Å²) in [5, 5.41) is 0. The van der Waals surface area contributed by atoms with E-state index >= 15 is 0 Å². The summed E-state index contributed by atoms with van der Waals surface area (Å²) in [5.41, 5.74) is 4.55. The lowest BCUT2D eigenvalue weighted by atomic mass is 9.86. The molecule has 0 N–H and O–H groups in total. The Labute approximate surface area is 155 Å². The number of hydrogen-bond donors (Lipinski definition) is 0. The fraction of sp³-hybridized carbons (Fsp3) is 0.208. The van der Waals surface area contributed by atoms with Gasteiger partial charge in [0.05, 0.1) is 12.7 Å². The van der Waals surface area contributed by atoms with Crippen molar-refractivity contribution in [3.8, 4) is 0 Å². The van der Waals surface area contributed by atoms with Gasteiger partial charge in [-0.15, -0.1) is 0 Å². The van der Waals surface area contributed by atoms with Gasteiger partial charge in [0.1, 0.15) is 0 Å². The zero-order valence-electron chi connectivity index (χ0n) is 15.1. The topological polar surface area (TPSA) is 26.3 Å². The lowest BCUT2D eigenvalue weighted by Gasteiger charge is -2.18. The summed E-state index contributed by atoms with van der Waals surface area (Å²) in [4.78, 5) is 11.7. The molecule has 0 saturated carbocycles. The van der Waals surface area contributed by atoms with Crippen LogP contribution in [0.1, 0.15) is 39.4 Å². The molecule has 3 aromatic carbocycles. The molecule has 2 heteroatoms. The zero-order chi connectivity index (χ0) is 18.2. The van der Waals surface area contributed by atoms with Crippen LogP contribution in [0.3, 0.4) is 0 Å². The molecule has 0 fully saturated rings. The van der Waals surface area contributed by atoms with Crippen molar-refractivity contribution in [2.24, 2.45) is 0 Å². The summed E-state index contributed by atoms with van der Waals surface area (Å²) in [6, 6.07) is 29.0. The second-order valence-corrected chi connectivity index (χ2v) is 6.52. The predicted molar refractivity (Wildman–Crippen MR) is 105 cm³/mol. The molecule has 0 aliphatic heterocycles. The average Bonchev–Trinajstić information content (AvgIpc) is 2.72. The van der Waals surface area contributed by atoms with Gasteiger partial charge < -0.3 is 4.74 Å². The van der Waals surface area contributed by atoms with Crippen molar-refractivity contribution in [1.29, 1.82) is 0 Å². The lowest BCUT2D eigenvalue weighted by Crippen LogP contribution is -2.06. The van der Waals surface area contributed by atoms with E-state index in [0.717, 1.165) is 19.3 Å². The molecule has 0 aromatic heterocycles. The van der Waals surface area contributed by atoms with Gasteiger partial charge in [0, 0.05) is 0 Å². The number of benzene rings is 3. The zero-order valence-corrected chi connectivity index (χ0v) is 15.1. The normalized spacial score (nSPS) is 11.7. The summed E-state index contributed by atoms with van der Waals surface area (Å²) < 4.78 is 4.80. The number of methoxy groups -OCH3 is 1. The third-order valence-corrected chi connectivity index (χ3v) is 4.75. The van der Waals surface area contributed by atoms with Crippen molar-refractivity contribution in [2.45, 2.75) is 25.2 Å². The highest BCUT2D eigenvalue weighted by Crippen LogP contribution is 2.26. The monoisotopic (exact) mass is 344 g/mol. The number of aryl methyl sites for hydroxylation is 1. The Morgan fingerprint density at radius 2 is 1.38 bits per heavy atom. The first-order valence-electron chi connectivity index (χ1n) is 9.02. The molecule has 0 aliphatic rings. The first-order chi connectivity index (χ1) is 12.8. The maximum Gasteiger partial charge on any atom is 0.337 e. The van der Waals surface area contributed by atoms with E-state index in [1.807, 2.05) is 18.2 Å². The third kappa shape index (κ3) is 4.82. The summed E-state index contributed by atoms with van der Waals surface area (Å²) >= 11 is 0. The predicted octanol–water partition coefficient (Wildman–Crippen LogP) is 5.43. The van der Waals surface area contributed by atoms with E-state index in [0.29, 0.717) is 11.5 Å². The molecule has 3 aromatic rings. The molecule has 132 valence electrons.